The summed E-state index contributed by atoms with van der Waals surface area (Å²) in [6.45, 7) is 6.46. The lowest BCUT2D eigenvalue weighted by molar-refractivity contribution is -0.167. The van der Waals surface area contributed by atoms with E-state index in [2.05, 4.69) is 19.8 Å². The highest BCUT2D eigenvalue weighted by Crippen LogP contribution is 2.37. The van der Waals surface area contributed by atoms with Gasteiger partial charge in [0.2, 0.25) is 17.6 Å². The molecule has 2 aliphatic rings. The predicted octanol–water partition coefficient (Wildman–Crippen LogP) is -0.0604. The quantitative estimate of drug-likeness (QED) is 0.198. The molecule has 13 nitrogen and oxygen atoms in total. The number of anilines is 1. The summed E-state index contributed by atoms with van der Waals surface area (Å²) in [5.41, 5.74) is 4.31. The van der Waals surface area contributed by atoms with Crippen LogP contribution in [0.25, 0.3) is 0 Å². The number of thioether (sulfide) groups is 1. The molecule has 4 N–H and O–H groups in total. The minimum absolute atomic E-state index is 0.0654. The van der Waals surface area contributed by atoms with E-state index in [1.165, 1.54) is 24.8 Å². The molecule has 0 saturated carbocycles. The predicted molar refractivity (Wildman–Crippen MR) is 118 cm³/mol. The molecule has 0 radical (unpaired) electrons. The number of oxime groups is 1. The number of rotatable bonds is 7. The smallest absolute Gasteiger partial charge is 0.352 e. The minimum atomic E-state index is -1.23. The fourth-order valence-corrected chi connectivity index (χ4v) is 4.45. The molecule has 1 aromatic rings. The van der Waals surface area contributed by atoms with Gasteiger partial charge in [-0.3, -0.25) is 14.5 Å². The molecule has 0 spiro atoms. The van der Waals surface area contributed by atoms with Crippen molar-refractivity contribution in [3.63, 3.8) is 0 Å². The third-order valence-electron chi connectivity index (χ3n) is 4.26. The van der Waals surface area contributed by atoms with E-state index in [0.29, 0.717) is 5.75 Å². The van der Waals surface area contributed by atoms with Crippen LogP contribution in [0.5, 0.6) is 0 Å². The number of β-lactam (4-membered cyclic amide) rings is 1. The third kappa shape index (κ3) is 5.42. The molecular weight excluding hydrogens is 476 g/mol. The summed E-state index contributed by atoms with van der Waals surface area (Å²) in [5.74, 6) is -3.15. The molecular formula is C18H22N6O7S2. The van der Waals surface area contributed by atoms with Gasteiger partial charge < -0.3 is 25.7 Å². The minimum Gasteiger partial charge on any atom is -0.477 e. The number of nitrogens with two attached hydrogens (primary N) is 1. The second-order valence-corrected chi connectivity index (χ2v) is 9.89. The van der Waals surface area contributed by atoms with Crippen molar-refractivity contribution in [3.8, 4) is 0 Å². The Bertz CT molecular complexity index is 1050. The second kappa shape index (κ2) is 9.35. The fraction of sp³-hybridized carbons (Fsp3) is 0.500. The standard InChI is InChI=1S/C18H22N6O7S2/c1-7(16(29)30-18(2,3)4)31-22-9(11-21-17(19)33-23-11)12(25)20-10-13(26)24-8(15(27)28)5-6-32-14(10)24/h5,7,10,14H,6H2,1-4H3,(H,20,25)(H,27,28)(H2,19,21,23)/t7?,10?,14-/m0/s1. The average Bonchev–Trinajstić information content (AvgIpc) is 3.15. The Hall–Kier alpha value is -3.20. The first-order valence-electron chi connectivity index (χ1n) is 9.64. The summed E-state index contributed by atoms with van der Waals surface area (Å²) in [7, 11) is 0. The van der Waals surface area contributed by atoms with Gasteiger partial charge in [-0.2, -0.15) is 9.36 Å². The number of fused-ring (bicyclic) bond motifs is 1. The van der Waals surface area contributed by atoms with Crippen LogP contribution >= 0.6 is 23.3 Å². The van der Waals surface area contributed by atoms with E-state index in [1.807, 2.05) is 0 Å². The lowest BCUT2D eigenvalue weighted by Crippen LogP contribution is -2.70. The number of nitrogens with zero attached hydrogens (tertiary/aromatic N) is 4. The van der Waals surface area contributed by atoms with E-state index in [0.717, 1.165) is 16.4 Å². The number of ether oxygens (including phenoxy) is 1. The maximum Gasteiger partial charge on any atom is 0.352 e. The van der Waals surface area contributed by atoms with Gasteiger partial charge in [0, 0.05) is 17.3 Å². The Kier molecular flexibility index (Phi) is 6.92. The van der Waals surface area contributed by atoms with E-state index < -0.39 is 52.6 Å². The SMILES string of the molecule is CC(ON=C(C(=O)NC1C(=O)N2C(C(=O)O)=CCS[C@@H]12)c1nsc(N)n1)C(=O)OC(C)(C)C. The van der Waals surface area contributed by atoms with Crippen molar-refractivity contribution in [2.24, 2.45) is 5.16 Å². The van der Waals surface area contributed by atoms with E-state index in [4.69, 9.17) is 15.3 Å². The van der Waals surface area contributed by atoms with Crippen LogP contribution in [0.15, 0.2) is 16.9 Å². The zero-order chi connectivity index (χ0) is 24.5. The molecule has 2 amide bonds. The van der Waals surface area contributed by atoms with Gasteiger partial charge in [-0.05, 0) is 33.8 Å². The van der Waals surface area contributed by atoms with E-state index in [1.54, 1.807) is 20.8 Å². The Labute approximate surface area is 196 Å². The molecule has 1 aromatic heterocycles. The lowest BCUT2D eigenvalue weighted by Gasteiger charge is -2.48. The zero-order valence-electron chi connectivity index (χ0n) is 18.1. The molecule has 0 bridgehead atoms. The van der Waals surface area contributed by atoms with Gasteiger partial charge in [0.25, 0.3) is 11.8 Å². The van der Waals surface area contributed by atoms with Gasteiger partial charge in [-0.25, -0.2) is 9.59 Å². The van der Waals surface area contributed by atoms with E-state index in [-0.39, 0.29) is 16.7 Å². The normalized spacial score (nSPS) is 21.3. The number of esters is 1. The van der Waals surface area contributed by atoms with Crippen LogP contribution in [-0.4, -0.2) is 77.7 Å². The Morgan fingerprint density at radius 2 is 2.09 bits per heavy atom. The van der Waals surface area contributed by atoms with Crippen molar-refractivity contribution < 1.29 is 33.9 Å². The largest absolute Gasteiger partial charge is 0.477 e. The van der Waals surface area contributed by atoms with E-state index >= 15 is 0 Å². The number of carbonyl (C=O) groups excluding carboxylic acids is 3. The summed E-state index contributed by atoms with van der Waals surface area (Å²) >= 11 is 2.11. The summed E-state index contributed by atoms with van der Waals surface area (Å²) < 4.78 is 9.14. The topological polar surface area (TPSA) is 186 Å². The van der Waals surface area contributed by atoms with Crippen molar-refractivity contribution in [3.05, 3.63) is 17.6 Å². The molecule has 2 aliphatic heterocycles. The molecule has 3 heterocycles. The fourth-order valence-electron chi connectivity index (χ4n) is 2.82. The Balaban J connectivity index is 1.75. The maximum absolute atomic E-state index is 12.9. The van der Waals surface area contributed by atoms with E-state index in [9.17, 15) is 24.3 Å². The maximum atomic E-state index is 12.9. The van der Waals surface area contributed by atoms with Crippen LogP contribution < -0.4 is 11.1 Å². The first-order chi connectivity index (χ1) is 15.4. The molecule has 15 heteroatoms. The van der Waals surface area contributed by atoms with Gasteiger partial charge in [-0.1, -0.05) is 5.16 Å². The number of nitrogen functional groups attached to an aromatic ring is 1. The first-order valence-corrected chi connectivity index (χ1v) is 11.5. The summed E-state index contributed by atoms with van der Waals surface area (Å²) in [4.78, 5) is 59.1. The number of amides is 2. The zero-order valence-corrected chi connectivity index (χ0v) is 19.7. The van der Waals surface area contributed by atoms with Crippen molar-refractivity contribution in [1.29, 1.82) is 0 Å². The van der Waals surface area contributed by atoms with Crippen LogP contribution in [0.1, 0.15) is 33.5 Å². The molecule has 3 rings (SSSR count). The third-order valence-corrected chi connectivity index (χ3v) is 5.99. The molecule has 2 unspecified atom stereocenters. The van der Waals surface area contributed by atoms with Crippen LogP contribution in [0.2, 0.25) is 0 Å². The summed E-state index contributed by atoms with van der Waals surface area (Å²) in [5, 5.41) is 15.0. The molecule has 33 heavy (non-hydrogen) atoms. The van der Waals surface area contributed by atoms with Gasteiger partial charge in [0.05, 0.1) is 0 Å². The molecule has 3 atom stereocenters. The number of carbonyl (C=O) groups is 4. The number of hydrogen-bond donors (Lipinski definition) is 3. The summed E-state index contributed by atoms with van der Waals surface area (Å²) in [6.07, 6.45) is 0.279. The number of nitrogens with one attached hydrogen (secondary N) is 1. The summed E-state index contributed by atoms with van der Waals surface area (Å²) in [6, 6.07) is -0.991. The van der Waals surface area contributed by atoms with Crippen molar-refractivity contribution >= 4 is 57.9 Å². The average molecular weight is 499 g/mol. The van der Waals surface area contributed by atoms with Gasteiger partial charge >= 0.3 is 11.9 Å². The van der Waals surface area contributed by atoms with Crippen LogP contribution in [0.4, 0.5) is 5.13 Å². The van der Waals surface area contributed by atoms with Crippen molar-refractivity contribution in [2.75, 3.05) is 11.5 Å². The van der Waals surface area contributed by atoms with Gasteiger partial charge in [-0.15, -0.1) is 11.8 Å². The van der Waals surface area contributed by atoms with Gasteiger partial charge in [0.1, 0.15) is 22.7 Å². The van der Waals surface area contributed by atoms with Crippen LogP contribution in [-0.2, 0) is 28.8 Å². The van der Waals surface area contributed by atoms with Crippen molar-refractivity contribution in [1.82, 2.24) is 19.6 Å². The van der Waals surface area contributed by atoms with Crippen LogP contribution in [0, 0.1) is 0 Å². The monoisotopic (exact) mass is 498 g/mol. The Morgan fingerprint density at radius 3 is 2.67 bits per heavy atom. The highest BCUT2D eigenvalue weighted by molar-refractivity contribution is 8.00. The van der Waals surface area contributed by atoms with Crippen molar-refractivity contribution in [2.45, 2.75) is 50.8 Å². The molecule has 1 fully saturated rings. The van der Waals surface area contributed by atoms with Gasteiger partial charge in [0.15, 0.2) is 5.13 Å². The van der Waals surface area contributed by atoms with Crippen LogP contribution in [0.3, 0.4) is 0 Å². The molecule has 1 saturated heterocycles. The Morgan fingerprint density at radius 1 is 1.39 bits per heavy atom. The number of carboxylic acid groups (broad SMARTS) is 1. The number of aliphatic carboxylic acids is 1. The molecule has 0 aliphatic carbocycles. The molecule has 0 aromatic carbocycles. The number of aromatic nitrogens is 2. The number of hydrogen-bond acceptors (Lipinski definition) is 12. The first kappa shape index (κ1) is 24.4. The lowest BCUT2D eigenvalue weighted by atomic mass is 10.0. The highest BCUT2D eigenvalue weighted by Gasteiger charge is 2.53. The second-order valence-electron chi connectivity index (χ2n) is 7.96. The number of carboxylic acids is 1. The molecule has 178 valence electrons. The highest BCUT2D eigenvalue weighted by atomic mass is 32.2.